The number of likely N-dealkylation sites (tertiary alicyclic amines) is 1. The summed E-state index contributed by atoms with van der Waals surface area (Å²) in [6.45, 7) is 5.09. The number of nitrogens with zero attached hydrogens (tertiary/aromatic N) is 1. The summed E-state index contributed by atoms with van der Waals surface area (Å²) in [6, 6.07) is 5.18. The molecule has 0 bridgehead atoms. The van der Waals surface area contributed by atoms with Crippen molar-refractivity contribution in [3.05, 3.63) is 28.8 Å². The lowest BCUT2D eigenvalue weighted by molar-refractivity contribution is -0.149. The van der Waals surface area contributed by atoms with Crippen molar-refractivity contribution in [3.8, 4) is 0 Å². The fraction of sp³-hybridized carbons (Fsp3) is 0.500. The van der Waals surface area contributed by atoms with Crippen molar-refractivity contribution in [1.82, 2.24) is 4.90 Å². The molecule has 120 valence electrons. The second-order valence-electron chi connectivity index (χ2n) is 5.43. The molecule has 2 rings (SSSR count). The molecule has 6 heteroatoms. The Morgan fingerprint density at radius 2 is 2.23 bits per heavy atom. The van der Waals surface area contributed by atoms with E-state index in [4.69, 9.17) is 16.3 Å². The number of hydrogen-bond acceptors (Lipinski definition) is 3. The van der Waals surface area contributed by atoms with Crippen molar-refractivity contribution in [3.63, 3.8) is 0 Å². The predicted molar refractivity (Wildman–Crippen MR) is 86.1 cm³/mol. The van der Waals surface area contributed by atoms with Gasteiger partial charge in [0.15, 0.2) is 0 Å². The maximum absolute atomic E-state index is 12.3. The molecule has 1 atom stereocenters. The van der Waals surface area contributed by atoms with Crippen molar-refractivity contribution in [2.45, 2.75) is 26.7 Å². The van der Waals surface area contributed by atoms with Crippen LogP contribution in [0.25, 0.3) is 0 Å². The molecule has 1 aromatic carbocycles. The first-order valence-electron chi connectivity index (χ1n) is 7.50. The molecule has 1 heterocycles. The number of halogens is 1. The summed E-state index contributed by atoms with van der Waals surface area (Å²) >= 11 is 6.06. The van der Waals surface area contributed by atoms with Crippen molar-refractivity contribution < 1.29 is 14.3 Å². The van der Waals surface area contributed by atoms with Crippen LogP contribution >= 0.6 is 11.6 Å². The van der Waals surface area contributed by atoms with Crippen LogP contribution in [0.1, 0.15) is 25.3 Å². The molecule has 0 aliphatic carbocycles. The van der Waals surface area contributed by atoms with E-state index in [0.29, 0.717) is 30.4 Å². The topological polar surface area (TPSA) is 58.6 Å². The Morgan fingerprint density at radius 1 is 1.45 bits per heavy atom. The molecule has 1 N–H and O–H groups in total. The van der Waals surface area contributed by atoms with E-state index in [1.54, 1.807) is 17.9 Å². The van der Waals surface area contributed by atoms with Gasteiger partial charge in [-0.3, -0.25) is 4.79 Å². The molecule has 1 unspecified atom stereocenters. The number of benzene rings is 1. The molecular formula is C16H21ClN2O3. The molecule has 1 saturated heterocycles. The normalized spacial score (nSPS) is 18.0. The third-order valence-electron chi connectivity index (χ3n) is 3.75. The van der Waals surface area contributed by atoms with Crippen LogP contribution in [0.2, 0.25) is 5.02 Å². The van der Waals surface area contributed by atoms with Gasteiger partial charge in [-0.1, -0.05) is 17.7 Å². The standard InChI is InChI=1S/C16H21ClN2O3/c1-3-22-15(20)12-5-4-8-19(10-12)16(21)18-13-7-6-11(2)14(17)9-13/h6-7,9,12H,3-5,8,10H2,1-2H3,(H,18,21). The van der Waals surface area contributed by atoms with Crippen LogP contribution in [0.5, 0.6) is 0 Å². The molecular weight excluding hydrogens is 304 g/mol. The van der Waals surface area contributed by atoms with E-state index in [9.17, 15) is 9.59 Å². The number of nitrogens with one attached hydrogen (secondary N) is 1. The van der Waals surface area contributed by atoms with E-state index in [1.165, 1.54) is 0 Å². The van der Waals surface area contributed by atoms with Gasteiger partial charge in [-0.2, -0.15) is 0 Å². The minimum absolute atomic E-state index is 0.214. The molecule has 0 radical (unpaired) electrons. The number of amides is 2. The smallest absolute Gasteiger partial charge is 0.321 e. The van der Waals surface area contributed by atoms with Crippen LogP contribution < -0.4 is 5.32 Å². The summed E-state index contributed by atoms with van der Waals surface area (Å²) < 4.78 is 5.04. The van der Waals surface area contributed by atoms with Crippen molar-refractivity contribution >= 4 is 29.3 Å². The Bertz CT molecular complexity index is 562. The van der Waals surface area contributed by atoms with Crippen LogP contribution in [-0.2, 0) is 9.53 Å². The van der Waals surface area contributed by atoms with E-state index >= 15 is 0 Å². The monoisotopic (exact) mass is 324 g/mol. The third-order valence-corrected chi connectivity index (χ3v) is 4.16. The van der Waals surface area contributed by atoms with Crippen molar-refractivity contribution in [2.75, 3.05) is 25.0 Å². The molecule has 0 spiro atoms. The van der Waals surface area contributed by atoms with Gasteiger partial charge < -0.3 is 15.0 Å². The zero-order valence-corrected chi connectivity index (χ0v) is 13.7. The van der Waals surface area contributed by atoms with E-state index in [2.05, 4.69) is 5.32 Å². The van der Waals surface area contributed by atoms with E-state index < -0.39 is 0 Å². The van der Waals surface area contributed by atoms with Gasteiger partial charge in [-0.25, -0.2) is 4.79 Å². The van der Waals surface area contributed by atoms with E-state index in [0.717, 1.165) is 18.4 Å². The maximum Gasteiger partial charge on any atom is 0.321 e. The fourth-order valence-electron chi connectivity index (χ4n) is 2.49. The fourth-order valence-corrected chi connectivity index (χ4v) is 2.67. The minimum Gasteiger partial charge on any atom is -0.466 e. The van der Waals surface area contributed by atoms with Crippen LogP contribution in [0.4, 0.5) is 10.5 Å². The number of aryl methyl sites for hydroxylation is 1. The molecule has 1 aliphatic rings. The van der Waals surface area contributed by atoms with Gasteiger partial charge in [-0.15, -0.1) is 0 Å². The highest BCUT2D eigenvalue weighted by Crippen LogP contribution is 2.22. The van der Waals surface area contributed by atoms with Crippen LogP contribution in [0.3, 0.4) is 0 Å². The number of carbonyl (C=O) groups excluding carboxylic acids is 2. The summed E-state index contributed by atoms with van der Waals surface area (Å²) in [7, 11) is 0. The Morgan fingerprint density at radius 3 is 2.91 bits per heavy atom. The second-order valence-corrected chi connectivity index (χ2v) is 5.84. The maximum atomic E-state index is 12.3. The molecule has 1 aliphatic heterocycles. The number of anilines is 1. The van der Waals surface area contributed by atoms with E-state index in [1.807, 2.05) is 19.1 Å². The van der Waals surface area contributed by atoms with Gasteiger partial charge in [0.1, 0.15) is 0 Å². The van der Waals surface area contributed by atoms with E-state index in [-0.39, 0.29) is 17.9 Å². The Balaban J connectivity index is 1.96. The number of rotatable bonds is 3. The molecule has 1 fully saturated rings. The van der Waals surface area contributed by atoms with Crippen molar-refractivity contribution in [2.24, 2.45) is 5.92 Å². The Hall–Kier alpha value is -1.75. The highest BCUT2D eigenvalue weighted by Gasteiger charge is 2.29. The largest absolute Gasteiger partial charge is 0.466 e. The van der Waals surface area contributed by atoms with Gasteiger partial charge >= 0.3 is 12.0 Å². The highest BCUT2D eigenvalue weighted by atomic mass is 35.5. The summed E-state index contributed by atoms with van der Waals surface area (Å²) in [5, 5.41) is 3.43. The average Bonchev–Trinajstić information content (AvgIpc) is 2.51. The van der Waals surface area contributed by atoms with Gasteiger partial charge in [0.05, 0.1) is 12.5 Å². The van der Waals surface area contributed by atoms with Crippen LogP contribution in [-0.4, -0.2) is 36.6 Å². The van der Waals surface area contributed by atoms with Gasteiger partial charge in [0.25, 0.3) is 0 Å². The number of ether oxygens (including phenoxy) is 1. The SMILES string of the molecule is CCOC(=O)C1CCCN(C(=O)Nc2ccc(C)c(Cl)c2)C1. The molecule has 22 heavy (non-hydrogen) atoms. The van der Waals surface area contributed by atoms with Gasteiger partial charge in [-0.05, 0) is 44.4 Å². The highest BCUT2D eigenvalue weighted by molar-refractivity contribution is 6.31. The number of carbonyl (C=O) groups is 2. The molecule has 2 amide bonds. The molecule has 0 aromatic heterocycles. The second kappa shape index (κ2) is 7.49. The summed E-state index contributed by atoms with van der Waals surface area (Å²) in [5.74, 6) is -0.459. The Labute approximate surface area is 135 Å². The van der Waals surface area contributed by atoms with Crippen LogP contribution in [0, 0.1) is 12.8 Å². The summed E-state index contributed by atoms with van der Waals surface area (Å²) in [6.07, 6.45) is 1.56. The lowest BCUT2D eigenvalue weighted by atomic mass is 9.98. The molecule has 0 saturated carbocycles. The number of esters is 1. The summed E-state index contributed by atoms with van der Waals surface area (Å²) in [5.41, 5.74) is 1.61. The van der Waals surface area contributed by atoms with Gasteiger partial charge in [0, 0.05) is 23.8 Å². The quantitative estimate of drug-likeness (QED) is 0.866. The number of urea groups is 1. The van der Waals surface area contributed by atoms with Gasteiger partial charge in [0.2, 0.25) is 0 Å². The molecule has 1 aromatic rings. The minimum atomic E-state index is -0.235. The van der Waals surface area contributed by atoms with Crippen molar-refractivity contribution in [1.29, 1.82) is 0 Å². The zero-order valence-electron chi connectivity index (χ0n) is 12.9. The Kier molecular flexibility index (Phi) is 5.66. The predicted octanol–water partition coefficient (Wildman–Crippen LogP) is 3.46. The third kappa shape index (κ3) is 4.13. The average molecular weight is 325 g/mol. The lowest BCUT2D eigenvalue weighted by Gasteiger charge is -2.31. The first-order chi connectivity index (χ1) is 10.5. The number of hydrogen-bond donors (Lipinski definition) is 1. The molecule has 5 nitrogen and oxygen atoms in total. The first-order valence-corrected chi connectivity index (χ1v) is 7.87. The first kappa shape index (κ1) is 16.6. The number of piperidine rings is 1. The summed E-state index contributed by atoms with van der Waals surface area (Å²) in [4.78, 5) is 25.8. The van der Waals surface area contributed by atoms with Crippen LogP contribution in [0.15, 0.2) is 18.2 Å². The lowest BCUT2D eigenvalue weighted by Crippen LogP contribution is -2.44. The zero-order chi connectivity index (χ0) is 16.1.